The van der Waals surface area contributed by atoms with E-state index >= 15 is 0 Å². The van der Waals surface area contributed by atoms with E-state index in [9.17, 15) is 9.59 Å². The van der Waals surface area contributed by atoms with Crippen molar-refractivity contribution in [2.24, 2.45) is 0 Å². The molecule has 0 spiro atoms. The summed E-state index contributed by atoms with van der Waals surface area (Å²) in [5, 5.41) is 2.90. The lowest BCUT2D eigenvalue weighted by Crippen LogP contribution is -2.30. The van der Waals surface area contributed by atoms with Crippen molar-refractivity contribution in [1.29, 1.82) is 0 Å². The summed E-state index contributed by atoms with van der Waals surface area (Å²) in [5.41, 5.74) is 2.93. The maximum atomic E-state index is 12.6. The van der Waals surface area contributed by atoms with Crippen LogP contribution in [-0.2, 0) is 9.53 Å². The zero-order valence-electron chi connectivity index (χ0n) is 17.2. The van der Waals surface area contributed by atoms with Crippen LogP contribution < -0.4 is 14.8 Å². The Kier molecular flexibility index (Phi) is 7.04. The maximum Gasteiger partial charge on any atom is 0.342 e. The molecule has 0 bridgehead atoms. The highest BCUT2D eigenvalue weighted by Gasteiger charge is 2.24. The molecule has 1 N–H and O–H groups in total. The first-order chi connectivity index (χ1) is 13.3. The first kappa shape index (κ1) is 21.3. The molecule has 1 atom stereocenters. The molecule has 0 unspecified atom stereocenters. The lowest BCUT2D eigenvalue weighted by Gasteiger charge is -2.19. The highest BCUT2D eigenvalue weighted by molar-refractivity contribution is 5.99. The molecular weight excluding hydrogens is 358 g/mol. The Balaban J connectivity index is 2.17. The first-order valence-corrected chi connectivity index (χ1v) is 9.12. The minimum Gasteiger partial charge on any atom is -0.493 e. The van der Waals surface area contributed by atoms with E-state index in [1.54, 1.807) is 18.2 Å². The van der Waals surface area contributed by atoms with Gasteiger partial charge in [0.05, 0.1) is 14.2 Å². The normalized spacial score (nSPS) is 11.7. The number of para-hydroxylation sites is 2. The largest absolute Gasteiger partial charge is 0.493 e. The van der Waals surface area contributed by atoms with Gasteiger partial charge in [0.1, 0.15) is 5.56 Å². The summed E-state index contributed by atoms with van der Waals surface area (Å²) in [6.07, 6.45) is -0.983. The SMILES string of the molecule is COc1cccc(C(=O)O[C@H](C)C(=O)Nc2c(C)cccc2C(C)C)c1OC. The van der Waals surface area contributed by atoms with Crippen LogP contribution in [0, 0.1) is 6.92 Å². The Morgan fingerprint density at radius 2 is 1.64 bits per heavy atom. The molecule has 6 heteroatoms. The molecule has 0 fully saturated rings. The van der Waals surface area contributed by atoms with E-state index in [2.05, 4.69) is 19.2 Å². The monoisotopic (exact) mass is 385 g/mol. The number of anilines is 1. The van der Waals surface area contributed by atoms with Crippen LogP contribution >= 0.6 is 0 Å². The predicted molar refractivity (Wildman–Crippen MR) is 108 cm³/mol. The molecule has 0 saturated heterocycles. The summed E-state index contributed by atoms with van der Waals surface area (Å²) in [6, 6.07) is 10.8. The van der Waals surface area contributed by atoms with Crippen LogP contribution in [0.25, 0.3) is 0 Å². The number of hydrogen-bond acceptors (Lipinski definition) is 5. The third kappa shape index (κ3) is 4.63. The van der Waals surface area contributed by atoms with Crippen LogP contribution in [0.15, 0.2) is 36.4 Å². The number of carbonyl (C=O) groups is 2. The summed E-state index contributed by atoms with van der Waals surface area (Å²) in [7, 11) is 2.92. The second-order valence-electron chi connectivity index (χ2n) is 6.77. The van der Waals surface area contributed by atoms with Gasteiger partial charge in [-0.15, -0.1) is 0 Å². The Morgan fingerprint density at radius 3 is 2.25 bits per heavy atom. The summed E-state index contributed by atoms with van der Waals surface area (Å²) in [5.74, 6) is -0.132. The third-order valence-corrected chi connectivity index (χ3v) is 4.45. The van der Waals surface area contributed by atoms with Gasteiger partial charge < -0.3 is 19.5 Å². The molecule has 6 nitrogen and oxygen atoms in total. The van der Waals surface area contributed by atoms with Crippen molar-refractivity contribution in [1.82, 2.24) is 0 Å². The minimum atomic E-state index is -0.983. The molecule has 0 radical (unpaired) electrons. The van der Waals surface area contributed by atoms with Gasteiger partial charge in [0.15, 0.2) is 17.6 Å². The highest BCUT2D eigenvalue weighted by atomic mass is 16.6. The molecule has 2 aromatic rings. The van der Waals surface area contributed by atoms with Gasteiger partial charge in [-0.05, 0) is 43.0 Å². The van der Waals surface area contributed by atoms with Gasteiger partial charge in [0, 0.05) is 5.69 Å². The van der Waals surface area contributed by atoms with E-state index in [4.69, 9.17) is 14.2 Å². The number of nitrogens with one attached hydrogen (secondary N) is 1. The van der Waals surface area contributed by atoms with Gasteiger partial charge in [0.25, 0.3) is 5.91 Å². The number of rotatable bonds is 7. The van der Waals surface area contributed by atoms with Crippen LogP contribution in [-0.4, -0.2) is 32.2 Å². The number of ether oxygens (including phenoxy) is 3. The van der Waals surface area contributed by atoms with Crippen molar-refractivity contribution in [3.63, 3.8) is 0 Å². The standard InChI is InChI=1S/C22H27NO5/c1-13(2)16-10-7-9-14(3)19(16)23-21(24)15(4)28-22(25)17-11-8-12-18(26-5)20(17)27-6/h7-13,15H,1-6H3,(H,23,24)/t15-/m1/s1. The predicted octanol–water partition coefficient (Wildman–Crippen LogP) is 4.32. The van der Waals surface area contributed by atoms with E-state index < -0.39 is 18.0 Å². The number of benzene rings is 2. The topological polar surface area (TPSA) is 73.9 Å². The second kappa shape index (κ2) is 9.26. The molecule has 1 amide bonds. The van der Waals surface area contributed by atoms with Gasteiger partial charge in [-0.25, -0.2) is 4.79 Å². The molecule has 0 aliphatic rings. The average molecular weight is 385 g/mol. The fourth-order valence-electron chi connectivity index (χ4n) is 2.89. The third-order valence-electron chi connectivity index (χ3n) is 4.45. The van der Waals surface area contributed by atoms with Crippen LogP contribution in [0.4, 0.5) is 5.69 Å². The van der Waals surface area contributed by atoms with Gasteiger partial charge in [-0.2, -0.15) is 0 Å². The molecule has 0 aliphatic heterocycles. The molecule has 2 aromatic carbocycles. The van der Waals surface area contributed by atoms with Crippen molar-refractivity contribution in [2.45, 2.75) is 39.7 Å². The summed E-state index contributed by atoms with van der Waals surface area (Å²) in [6.45, 7) is 7.58. The summed E-state index contributed by atoms with van der Waals surface area (Å²) >= 11 is 0. The Bertz CT molecular complexity index is 860. The summed E-state index contributed by atoms with van der Waals surface area (Å²) < 4.78 is 15.8. The van der Waals surface area contributed by atoms with E-state index in [0.29, 0.717) is 5.75 Å². The van der Waals surface area contributed by atoms with E-state index in [1.165, 1.54) is 21.1 Å². The fourth-order valence-corrected chi connectivity index (χ4v) is 2.89. The van der Waals surface area contributed by atoms with Crippen molar-refractivity contribution >= 4 is 17.6 Å². The molecule has 0 aliphatic carbocycles. The van der Waals surface area contributed by atoms with Gasteiger partial charge >= 0.3 is 5.97 Å². The van der Waals surface area contributed by atoms with Gasteiger partial charge in [-0.1, -0.05) is 38.1 Å². The molecular formula is C22H27NO5. The van der Waals surface area contributed by atoms with Crippen molar-refractivity contribution in [3.05, 3.63) is 53.1 Å². The number of aryl methyl sites for hydroxylation is 1. The summed E-state index contributed by atoms with van der Waals surface area (Å²) in [4.78, 5) is 25.2. The molecule has 28 heavy (non-hydrogen) atoms. The second-order valence-corrected chi connectivity index (χ2v) is 6.77. The average Bonchev–Trinajstić information content (AvgIpc) is 2.68. The maximum absolute atomic E-state index is 12.6. The quantitative estimate of drug-likeness (QED) is 0.719. The highest BCUT2D eigenvalue weighted by Crippen LogP contribution is 2.31. The van der Waals surface area contributed by atoms with Gasteiger partial charge in [0.2, 0.25) is 0 Å². The molecule has 0 heterocycles. The lowest BCUT2D eigenvalue weighted by molar-refractivity contribution is -0.123. The van der Waals surface area contributed by atoms with Gasteiger partial charge in [-0.3, -0.25) is 4.79 Å². The molecule has 150 valence electrons. The zero-order valence-corrected chi connectivity index (χ0v) is 17.2. The van der Waals surface area contributed by atoms with E-state index in [1.807, 2.05) is 25.1 Å². The lowest BCUT2D eigenvalue weighted by atomic mass is 9.98. The minimum absolute atomic E-state index is 0.195. The van der Waals surface area contributed by atoms with Crippen LogP contribution in [0.2, 0.25) is 0 Å². The number of hydrogen-bond donors (Lipinski definition) is 1. The number of amides is 1. The van der Waals surface area contributed by atoms with Crippen LogP contribution in [0.1, 0.15) is 48.2 Å². The number of esters is 1. The van der Waals surface area contributed by atoms with Crippen molar-refractivity contribution in [3.8, 4) is 11.5 Å². The van der Waals surface area contributed by atoms with Crippen LogP contribution in [0.5, 0.6) is 11.5 Å². The van der Waals surface area contributed by atoms with Crippen molar-refractivity contribution < 1.29 is 23.8 Å². The van der Waals surface area contributed by atoms with Crippen molar-refractivity contribution in [2.75, 3.05) is 19.5 Å². The fraction of sp³-hybridized carbons (Fsp3) is 0.364. The molecule has 2 rings (SSSR count). The van der Waals surface area contributed by atoms with E-state index in [0.717, 1.165) is 16.8 Å². The first-order valence-electron chi connectivity index (χ1n) is 9.12. The Morgan fingerprint density at radius 1 is 0.964 bits per heavy atom. The molecule has 0 saturated carbocycles. The number of carbonyl (C=O) groups excluding carboxylic acids is 2. The van der Waals surface area contributed by atoms with E-state index in [-0.39, 0.29) is 17.2 Å². The molecule has 0 aromatic heterocycles. The van der Waals surface area contributed by atoms with Crippen LogP contribution in [0.3, 0.4) is 0 Å². The Labute approximate surface area is 165 Å². The zero-order chi connectivity index (χ0) is 20.8. The Hall–Kier alpha value is -3.02. The number of methoxy groups -OCH3 is 2. The smallest absolute Gasteiger partial charge is 0.342 e.